The molecule has 1 aliphatic carbocycles. The highest BCUT2D eigenvalue weighted by Gasteiger charge is 2.35. The lowest BCUT2D eigenvalue weighted by atomic mass is 9.89. The Hall–Kier alpha value is -2.02. The van der Waals surface area contributed by atoms with Gasteiger partial charge in [-0.15, -0.1) is 0 Å². The summed E-state index contributed by atoms with van der Waals surface area (Å²) in [7, 11) is 2.16. The van der Waals surface area contributed by atoms with Crippen molar-refractivity contribution in [2.24, 2.45) is 0 Å². The number of nitrogens with zero attached hydrogens (tertiary/aromatic N) is 4. The van der Waals surface area contributed by atoms with Crippen molar-refractivity contribution in [3.8, 4) is 5.82 Å². The van der Waals surface area contributed by atoms with E-state index >= 15 is 0 Å². The Bertz CT molecular complexity index is 801. The fraction of sp³-hybridized carbons (Fsp3) is 0.619. The van der Waals surface area contributed by atoms with Gasteiger partial charge in [-0.1, -0.05) is 0 Å². The quantitative estimate of drug-likeness (QED) is 0.843. The Kier molecular flexibility index (Phi) is 5.36. The van der Waals surface area contributed by atoms with Crippen molar-refractivity contribution in [2.45, 2.75) is 63.3 Å². The molecule has 0 atom stereocenters. The number of alkyl halides is 2. The molecule has 4 rings (SSSR count). The van der Waals surface area contributed by atoms with Crippen LogP contribution in [0.3, 0.4) is 0 Å². The average Bonchev–Trinajstić information content (AvgIpc) is 3.10. The average molecular weight is 389 g/mol. The lowest BCUT2D eigenvalue weighted by Crippen LogP contribution is -2.32. The molecule has 0 radical (unpaired) electrons. The van der Waals surface area contributed by atoms with Gasteiger partial charge in [-0.2, -0.15) is 5.10 Å². The van der Waals surface area contributed by atoms with Gasteiger partial charge in [0.2, 0.25) is 5.92 Å². The zero-order valence-electron chi connectivity index (χ0n) is 16.7. The fourth-order valence-corrected chi connectivity index (χ4v) is 4.24. The van der Waals surface area contributed by atoms with Gasteiger partial charge in [0, 0.05) is 25.1 Å². The molecule has 0 aromatic carbocycles. The van der Waals surface area contributed by atoms with Crippen molar-refractivity contribution in [3.63, 3.8) is 0 Å². The maximum absolute atomic E-state index is 13.5. The molecule has 3 heterocycles. The minimum Gasteiger partial charge on any atom is -0.367 e. The molecule has 5 nitrogen and oxygen atoms in total. The van der Waals surface area contributed by atoms with E-state index in [0.29, 0.717) is 18.8 Å². The van der Waals surface area contributed by atoms with E-state index in [0.717, 1.165) is 43.3 Å². The molecule has 1 saturated carbocycles. The minimum absolute atomic E-state index is 0.0482. The molecule has 0 spiro atoms. The van der Waals surface area contributed by atoms with Crippen LogP contribution in [0.2, 0.25) is 0 Å². The molecule has 28 heavy (non-hydrogen) atoms. The first-order chi connectivity index (χ1) is 13.4. The van der Waals surface area contributed by atoms with Crippen LogP contribution in [0.25, 0.3) is 5.82 Å². The number of anilines is 1. The third-order valence-corrected chi connectivity index (χ3v) is 6.05. The summed E-state index contributed by atoms with van der Waals surface area (Å²) in [5, 5.41) is 7.93. The number of hydrogen-bond acceptors (Lipinski definition) is 4. The molecule has 2 aromatic heterocycles. The van der Waals surface area contributed by atoms with Gasteiger partial charge in [-0.3, -0.25) is 0 Å². The van der Waals surface area contributed by atoms with Crippen molar-refractivity contribution in [1.82, 2.24) is 19.7 Å². The molecule has 7 heteroatoms. The molecule has 0 amide bonds. The summed E-state index contributed by atoms with van der Waals surface area (Å²) >= 11 is 0. The van der Waals surface area contributed by atoms with Crippen LogP contribution in [0.1, 0.15) is 55.7 Å². The van der Waals surface area contributed by atoms with Crippen molar-refractivity contribution in [1.29, 1.82) is 0 Å². The van der Waals surface area contributed by atoms with Crippen molar-refractivity contribution >= 4 is 5.82 Å². The number of aromatic nitrogens is 3. The first-order valence-electron chi connectivity index (χ1n) is 10.3. The molecule has 1 aliphatic heterocycles. The van der Waals surface area contributed by atoms with Crippen LogP contribution >= 0.6 is 0 Å². The number of rotatable bonds is 4. The van der Waals surface area contributed by atoms with Crippen LogP contribution in [0, 0.1) is 6.92 Å². The van der Waals surface area contributed by atoms with Crippen molar-refractivity contribution < 1.29 is 8.78 Å². The second kappa shape index (κ2) is 7.78. The zero-order chi connectivity index (χ0) is 19.7. The smallest absolute Gasteiger partial charge is 0.248 e. The third-order valence-electron chi connectivity index (χ3n) is 6.05. The lowest BCUT2D eigenvalue weighted by molar-refractivity contribution is -0.0361. The Morgan fingerprint density at radius 1 is 1.11 bits per heavy atom. The first-order valence-corrected chi connectivity index (χ1v) is 10.3. The summed E-state index contributed by atoms with van der Waals surface area (Å²) in [6, 6.07) is 6.25. The van der Waals surface area contributed by atoms with E-state index in [-0.39, 0.29) is 18.9 Å². The molecule has 152 valence electrons. The van der Waals surface area contributed by atoms with Gasteiger partial charge in [0.1, 0.15) is 5.82 Å². The van der Waals surface area contributed by atoms with Crippen LogP contribution in [0.5, 0.6) is 0 Å². The van der Waals surface area contributed by atoms with Gasteiger partial charge in [-0.05, 0) is 82.4 Å². The normalized spacial score (nSPS) is 21.7. The highest BCUT2D eigenvalue weighted by molar-refractivity contribution is 5.46. The van der Waals surface area contributed by atoms with Crippen LogP contribution in [0.4, 0.5) is 14.6 Å². The summed E-state index contributed by atoms with van der Waals surface area (Å²) in [5.41, 5.74) is 2.20. The monoisotopic (exact) mass is 389 g/mol. The predicted molar refractivity (Wildman–Crippen MR) is 106 cm³/mol. The fourth-order valence-electron chi connectivity index (χ4n) is 4.24. The second-order valence-electron chi connectivity index (χ2n) is 8.40. The molecular weight excluding hydrogens is 360 g/mol. The van der Waals surface area contributed by atoms with Crippen LogP contribution in [0.15, 0.2) is 24.4 Å². The summed E-state index contributed by atoms with van der Waals surface area (Å²) in [4.78, 5) is 7.11. The number of halogens is 2. The zero-order valence-corrected chi connectivity index (χ0v) is 16.7. The van der Waals surface area contributed by atoms with E-state index < -0.39 is 5.92 Å². The molecular formula is C21H29F2N5. The number of aryl methyl sites for hydroxylation is 1. The first kappa shape index (κ1) is 19.3. The largest absolute Gasteiger partial charge is 0.367 e. The van der Waals surface area contributed by atoms with Crippen LogP contribution < -0.4 is 5.32 Å². The maximum atomic E-state index is 13.5. The Morgan fingerprint density at radius 2 is 1.82 bits per heavy atom. The van der Waals surface area contributed by atoms with Gasteiger partial charge in [0.25, 0.3) is 0 Å². The highest BCUT2D eigenvalue weighted by atomic mass is 19.3. The number of likely N-dealkylation sites (tertiary alicyclic amines) is 1. The van der Waals surface area contributed by atoms with E-state index in [1.54, 1.807) is 4.68 Å². The third kappa shape index (κ3) is 4.51. The van der Waals surface area contributed by atoms with E-state index in [4.69, 9.17) is 4.98 Å². The molecule has 2 aliphatic rings. The summed E-state index contributed by atoms with van der Waals surface area (Å²) in [6.07, 6.45) is 5.00. The minimum atomic E-state index is -2.51. The van der Waals surface area contributed by atoms with E-state index in [1.807, 2.05) is 19.2 Å². The molecule has 0 unspecified atom stereocenters. The van der Waals surface area contributed by atoms with E-state index in [2.05, 4.69) is 34.5 Å². The summed E-state index contributed by atoms with van der Waals surface area (Å²) in [6.45, 7) is 4.13. The maximum Gasteiger partial charge on any atom is 0.248 e. The van der Waals surface area contributed by atoms with Crippen LogP contribution in [-0.4, -0.2) is 51.8 Å². The van der Waals surface area contributed by atoms with Crippen molar-refractivity contribution in [3.05, 3.63) is 35.7 Å². The van der Waals surface area contributed by atoms with Crippen LogP contribution in [-0.2, 0) is 0 Å². The number of piperidine rings is 1. The van der Waals surface area contributed by atoms with Gasteiger partial charge >= 0.3 is 0 Å². The topological polar surface area (TPSA) is 46.0 Å². The second-order valence-corrected chi connectivity index (χ2v) is 8.40. The SMILES string of the molecule is Cc1ccn(-c2cc(C3CCN(C)CC3)cc(NC3CCC(F)(F)CC3)n2)n1. The standard InChI is InChI=1S/C21H29F2N5/c1-15-5-12-28(26-15)20-14-17(16-6-10-27(2)11-7-16)13-19(25-20)24-18-3-8-21(22,23)9-4-18/h5,12-14,16,18H,3-4,6-11H2,1-2H3,(H,24,25). The molecule has 2 fully saturated rings. The Labute approximate surface area is 165 Å². The Balaban J connectivity index is 1.58. The van der Waals surface area contributed by atoms with E-state index in [1.165, 1.54) is 5.56 Å². The highest BCUT2D eigenvalue weighted by Crippen LogP contribution is 2.35. The molecule has 2 aromatic rings. The molecule has 0 bridgehead atoms. The predicted octanol–water partition coefficient (Wildman–Crippen LogP) is 4.37. The lowest BCUT2D eigenvalue weighted by Gasteiger charge is -2.31. The molecule has 1 N–H and O–H groups in total. The summed E-state index contributed by atoms with van der Waals surface area (Å²) in [5.74, 6) is -0.465. The van der Waals surface area contributed by atoms with Gasteiger partial charge < -0.3 is 10.2 Å². The van der Waals surface area contributed by atoms with E-state index in [9.17, 15) is 8.78 Å². The number of pyridine rings is 1. The summed E-state index contributed by atoms with van der Waals surface area (Å²) < 4.78 is 28.8. The van der Waals surface area contributed by atoms with Gasteiger partial charge in [0.05, 0.1) is 5.69 Å². The van der Waals surface area contributed by atoms with Gasteiger partial charge in [-0.25, -0.2) is 18.4 Å². The Morgan fingerprint density at radius 3 is 2.46 bits per heavy atom. The number of nitrogens with one attached hydrogen (secondary N) is 1. The van der Waals surface area contributed by atoms with Crippen molar-refractivity contribution in [2.75, 3.05) is 25.5 Å². The number of hydrogen-bond donors (Lipinski definition) is 1. The molecule has 1 saturated heterocycles. The van der Waals surface area contributed by atoms with Gasteiger partial charge in [0.15, 0.2) is 5.82 Å².